The molecule has 8 nitrogen and oxygen atoms in total. The van der Waals surface area contributed by atoms with E-state index in [2.05, 4.69) is 16.0 Å². The maximum Gasteiger partial charge on any atom is 0.261 e. The highest BCUT2D eigenvalue weighted by Crippen LogP contribution is 2.42. The van der Waals surface area contributed by atoms with Crippen LogP contribution < -0.4 is 20.9 Å². The highest BCUT2D eigenvalue weighted by atomic mass is 35.5. The Hall–Kier alpha value is -2.53. The molecule has 1 aliphatic heterocycles. The fourth-order valence-electron chi connectivity index (χ4n) is 4.87. The number of carbonyl (C=O) groups is 3. The van der Waals surface area contributed by atoms with Crippen molar-refractivity contribution in [2.24, 2.45) is 11.8 Å². The molecule has 198 valence electrons. The normalized spacial score (nSPS) is 19.7. The summed E-state index contributed by atoms with van der Waals surface area (Å²) in [5.74, 6) is -0.584. The average molecular weight is 549 g/mol. The van der Waals surface area contributed by atoms with Crippen molar-refractivity contribution in [2.75, 3.05) is 36.5 Å². The molecule has 3 amide bonds. The standard InChI is InChI=1S/C26H30ClFN4O4S/c27-22-9-8-21(37-22)26(35)29-13-20(30-24(16-4-5-16)15-2-1-3-15)25(34)31-19-7-6-17(12-18(19)28)32-10-11-36-14-23(32)33/h6-9,12,15-16,20,24,30H,1-5,10-11,13-14H2,(H,29,35)(H,31,34)/t20-,24?/m0/s1. The van der Waals surface area contributed by atoms with E-state index in [0.29, 0.717) is 39.9 Å². The molecule has 1 unspecified atom stereocenters. The number of rotatable bonds is 10. The van der Waals surface area contributed by atoms with Crippen LogP contribution in [0.15, 0.2) is 30.3 Å². The molecule has 2 aromatic rings. The molecule has 1 aromatic carbocycles. The van der Waals surface area contributed by atoms with E-state index in [1.165, 1.54) is 34.8 Å². The van der Waals surface area contributed by atoms with Gasteiger partial charge in [-0.2, -0.15) is 0 Å². The van der Waals surface area contributed by atoms with Gasteiger partial charge in [0.15, 0.2) is 0 Å². The lowest BCUT2D eigenvalue weighted by atomic mass is 9.77. The van der Waals surface area contributed by atoms with Crippen LogP contribution in [0, 0.1) is 17.7 Å². The number of thiophene rings is 1. The number of halogens is 2. The molecule has 37 heavy (non-hydrogen) atoms. The Morgan fingerprint density at radius 3 is 2.57 bits per heavy atom. The lowest BCUT2D eigenvalue weighted by Gasteiger charge is -2.37. The van der Waals surface area contributed by atoms with Crippen LogP contribution in [0.5, 0.6) is 0 Å². The molecule has 0 radical (unpaired) electrons. The minimum atomic E-state index is -0.745. The number of amides is 3. The van der Waals surface area contributed by atoms with Crippen LogP contribution in [0.25, 0.3) is 0 Å². The van der Waals surface area contributed by atoms with Crippen molar-refractivity contribution in [1.82, 2.24) is 10.6 Å². The fourth-order valence-corrected chi connectivity index (χ4v) is 5.83. The highest BCUT2D eigenvalue weighted by molar-refractivity contribution is 7.18. The van der Waals surface area contributed by atoms with Gasteiger partial charge in [0.2, 0.25) is 5.91 Å². The second kappa shape index (κ2) is 11.5. The van der Waals surface area contributed by atoms with Crippen LogP contribution in [-0.4, -0.2) is 56.1 Å². The summed E-state index contributed by atoms with van der Waals surface area (Å²) in [7, 11) is 0. The third-order valence-electron chi connectivity index (χ3n) is 7.27. The number of nitrogens with one attached hydrogen (secondary N) is 3. The molecule has 11 heteroatoms. The molecule has 1 aromatic heterocycles. The van der Waals surface area contributed by atoms with Gasteiger partial charge in [-0.05, 0) is 67.9 Å². The minimum absolute atomic E-state index is 0.0178. The van der Waals surface area contributed by atoms with Crippen LogP contribution in [0.2, 0.25) is 4.34 Å². The van der Waals surface area contributed by atoms with Gasteiger partial charge in [-0.25, -0.2) is 4.39 Å². The van der Waals surface area contributed by atoms with E-state index in [0.717, 1.165) is 25.7 Å². The van der Waals surface area contributed by atoms with E-state index in [1.807, 2.05) is 0 Å². The van der Waals surface area contributed by atoms with E-state index in [1.54, 1.807) is 18.2 Å². The largest absolute Gasteiger partial charge is 0.370 e. The Bertz CT molecular complexity index is 1170. The minimum Gasteiger partial charge on any atom is -0.370 e. The zero-order valence-corrected chi connectivity index (χ0v) is 21.9. The van der Waals surface area contributed by atoms with Crippen molar-refractivity contribution < 1.29 is 23.5 Å². The number of hydrogen-bond donors (Lipinski definition) is 3. The number of anilines is 2. The average Bonchev–Trinajstić information content (AvgIpc) is 3.60. The smallest absolute Gasteiger partial charge is 0.261 e. The molecule has 3 fully saturated rings. The molecular weight excluding hydrogens is 519 g/mol. The maximum absolute atomic E-state index is 15.0. The zero-order chi connectivity index (χ0) is 25.9. The number of carbonyl (C=O) groups excluding carboxylic acids is 3. The number of ether oxygens (including phenoxy) is 1. The first-order chi connectivity index (χ1) is 17.9. The first-order valence-electron chi connectivity index (χ1n) is 12.7. The second-order valence-corrected chi connectivity index (χ2v) is 11.6. The van der Waals surface area contributed by atoms with Gasteiger partial charge in [0.05, 0.1) is 21.5 Å². The molecular formula is C26H30ClFN4O4S. The van der Waals surface area contributed by atoms with E-state index in [4.69, 9.17) is 16.3 Å². The lowest BCUT2D eigenvalue weighted by Crippen LogP contribution is -2.55. The predicted octanol–water partition coefficient (Wildman–Crippen LogP) is 3.81. The van der Waals surface area contributed by atoms with Crippen molar-refractivity contribution in [3.63, 3.8) is 0 Å². The first-order valence-corrected chi connectivity index (χ1v) is 13.9. The van der Waals surface area contributed by atoms with E-state index >= 15 is 4.39 Å². The SMILES string of the molecule is O=C(NC[C@H](NC(C1CCC1)C1CC1)C(=O)Nc1ccc(N2CCOCC2=O)cc1F)c1ccc(Cl)s1. The topological polar surface area (TPSA) is 99.8 Å². The van der Waals surface area contributed by atoms with Crippen LogP contribution in [0.1, 0.15) is 41.8 Å². The number of hydrogen-bond acceptors (Lipinski definition) is 6. The van der Waals surface area contributed by atoms with E-state index in [9.17, 15) is 14.4 Å². The summed E-state index contributed by atoms with van der Waals surface area (Å²) in [6, 6.07) is 7.04. The monoisotopic (exact) mass is 548 g/mol. The van der Waals surface area contributed by atoms with Crippen LogP contribution in [-0.2, 0) is 14.3 Å². The van der Waals surface area contributed by atoms with Crippen molar-refractivity contribution in [3.8, 4) is 0 Å². The Morgan fingerprint density at radius 1 is 1.16 bits per heavy atom. The van der Waals surface area contributed by atoms with Gasteiger partial charge in [-0.1, -0.05) is 18.0 Å². The number of morpholine rings is 1. The summed E-state index contributed by atoms with van der Waals surface area (Å²) >= 11 is 7.13. The summed E-state index contributed by atoms with van der Waals surface area (Å²) in [6.45, 7) is 0.735. The Kier molecular flexibility index (Phi) is 8.09. The third kappa shape index (κ3) is 6.31. The number of benzene rings is 1. The Labute approximate surface area is 223 Å². The van der Waals surface area contributed by atoms with Gasteiger partial charge >= 0.3 is 0 Å². The summed E-state index contributed by atoms with van der Waals surface area (Å²) in [5, 5.41) is 9.01. The van der Waals surface area contributed by atoms with E-state index in [-0.39, 0.29) is 36.7 Å². The summed E-state index contributed by atoms with van der Waals surface area (Å²) in [6.07, 6.45) is 5.68. The molecule has 1 saturated heterocycles. The van der Waals surface area contributed by atoms with Crippen molar-refractivity contribution in [3.05, 3.63) is 45.4 Å². The maximum atomic E-state index is 15.0. The van der Waals surface area contributed by atoms with Gasteiger partial charge in [0, 0.05) is 24.8 Å². The lowest BCUT2D eigenvalue weighted by molar-refractivity contribution is -0.125. The highest BCUT2D eigenvalue weighted by Gasteiger charge is 2.40. The summed E-state index contributed by atoms with van der Waals surface area (Å²) in [4.78, 5) is 40.0. The van der Waals surface area contributed by atoms with Gasteiger partial charge in [0.25, 0.3) is 11.8 Å². The van der Waals surface area contributed by atoms with E-state index < -0.39 is 17.8 Å². The molecule has 2 atom stereocenters. The number of nitrogens with zero attached hydrogens (tertiary/aromatic N) is 1. The fraction of sp³-hybridized carbons (Fsp3) is 0.500. The molecule has 3 N–H and O–H groups in total. The van der Waals surface area contributed by atoms with Crippen molar-refractivity contribution in [2.45, 2.75) is 44.2 Å². The van der Waals surface area contributed by atoms with Crippen molar-refractivity contribution >= 4 is 52.0 Å². The molecule has 0 bridgehead atoms. The van der Waals surface area contributed by atoms with Gasteiger partial charge in [-0.3, -0.25) is 14.4 Å². The Morgan fingerprint density at radius 2 is 1.95 bits per heavy atom. The predicted molar refractivity (Wildman–Crippen MR) is 141 cm³/mol. The zero-order valence-electron chi connectivity index (χ0n) is 20.3. The van der Waals surface area contributed by atoms with Gasteiger partial charge in [0.1, 0.15) is 18.5 Å². The van der Waals surface area contributed by atoms with Crippen LogP contribution >= 0.6 is 22.9 Å². The molecule has 2 aliphatic carbocycles. The molecule has 2 saturated carbocycles. The quantitative estimate of drug-likeness (QED) is 0.419. The van der Waals surface area contributed by atoms with Crippen LogP contribution in [0.4, 0.5) is 15.8 Å². The van der Waals surface area contributed by atoms with Gasteiger partial charge in [-0.15, -0.1) is 11.3 Å². The summed E-state index contributed by atoms with van der Waals surface area (Å²) in [5.41, 5.74) is 0.434. The van der Waals surface area contributed by atoms with Crippen LogP contribution in [0.3, 0.4) is 0 Å². The van der Waals surface area contributed by atoms with Gasteiger partial charge < -0.3 is 25.6 Å². The Balaban J connectivity index is 1.28. The molecule has 3 aliphatic rings. The van der Waals surface area contributed by atoms with Crippen molar-refractivity contribution in [1.29, 1.82) is 0 Å². The third-order valence-corrected chi connectivity index (χ3v) is 8.50. The molecule has 5 rings (SSSR count). The first kappa shape index (κ1) is 26.1. The molecule has 0 spiro atoms. The second-order valence-electron chi connectivity index (χ2n) is 9.84. The molecule has 2 heterocycles. The summed E-state index contributed by atoms with van der Waals surface area (Å²) < 4.78 is 20.6.